The monoisotopic (exact) mass is 445 g/mol. The van der Waals surface area contributed by atoms with Gasteiger partial charge in [-0.1, -0.05) is 18.2 Å². The predicted molar refractivity (Wildman–Crippen MR) is 105 cm³/mol. The van der Waals surface area contributed by atoms with Crippen molar-refractivity contribution in [1.29, 1.82) is 0 Å². The van der Waals surface area contributed by atoms with Crippen LogP contribution in [0.15, 0.2) is 36.4 Å². The summed E-state index contributed by atoms with van der Waals surface area (Å²) in [7, 11) is 0. The molecule has 1 saturated carbocycles. The number of rotatable bonds is 9. The van der Waals surface area contributed by atoms with Gasteiger partial charge in [0.1, 0.15) is 5.75 Å². The first-order chi connectivity index (χ1) is 14.5. The summed E-state index contributed by atoms with van der Waals surface area (Å²) >= 11 is 0. The molecule has 0 amide bonds. The number of fused-ring (bicyclic) bond motifs is 1. The molecule has 3 rings (SSSR count). The Hall–Kier alpha value is -2.42. The van der Waals surface area contributed by atoms with Crippen LogP contribution in [-0.2, 0) is 11.3 Å². The molecule has 0 saturated heterocycles. The van der Waals surface area contributed by atoms with Crippen molar-refractivity contribution >= 4 is 16.7 Å². The Balaban J connectivity index is 1.50. The number of halogens is 5. The zero-order valence-corrected chi connectivity index (χ0v) is 16.7. The third-order valence-electron chi connectivity index (χ3n) is 5.57. The zero-order chi connectivity index (χ0) is 22.6. The van der Waals surface area contributed by atoms with E-state index in [0.29, 0.717) is 25.1 Å². The summed E-state index contributed by atoms with van der Waals surface area (Å²) in [6.45, 7) is 0.372. The van der Waals surface area contributed by atoms with E-state index in [1.807, 2.05) is 18.2 Å². The molecule has 2 unspecified atom stereocenters. The number of nitrogens with one attached hydrogen (secondary N) is 1. The van der Waals surface area contributed by atoms with Crippen molar-refractivity contribution in [2.45, 2.75) is 56.8 Å². The number of ether oxygens (including phenoxy) is 1. The first-order valence-corrected chi connectivity index (χ1v) is 10.1. The van der Waals surface area contributed by atoms with Gasteiger partial charge in [0.25, 0.3) is 0 Å². The number of carbonyl (C=O) groups is 1. The van der Waals surface area contributed by atoms with E-state index in [0.717, 1.165) is 22.8 Å². The van der Waals surface area contributed by atoms with Crippen molar-refractivity contribution in [1.82, 2.24) is 5.32 Å². The summed E-state index contributed by atoms with van der Waals surface area (Å²) in [4.78, 5) is 11.0. The lowest BCUT2D eigenvalue weighted by Gasteiger charge is -2.19. The van der Waals surface area contributed by atoms with E-state index < -0.39 is 30.9 Å². The minimum atomic E-state index is -5.54. The fourth-order valence-electron chi connectivity index (χ4n) is 3.75. The maximum Gasteiger partial charge on any atom is 0.453 e. The van der Waals surface area contributed by atoms with Gasteiger partial charge in [-0.15, -0.1) is 0 Å². The maximum atomic E-state index is 12.9. The number of alkyl halides is 5. The Morgan fingerprint density at radius 2 is 1.77 bits per heavy atom. The van der Waals surface area contributed by atoms with E-state index in [2.05, 4.69) is 5.32 Å². The average molecular weight is 445 g/mol. The highest BCUT2D eigenvalue weighted by Crippen LogP contribution is 2.38. The van der Waals surface area contributed by atoms with Gasteiger partial charge in [-0.05, 0) is 60.2 Å². The molecule has 0 heterocycles. The second kappa shape index (κ2) is 9.38. The van der Waals surface area contributed by atoms with Crippen LogP contribution in [0.2, 0.25) is 0 Å². The standard InChI is InChI=1S/C22H24F5NO3/c23-21(24,22(25,26)27)8-1-9-31-19-7-5-15-10-14(2-3-16(15)12-19)13-28-18-6-4-17(11-18)20(29)30/h2-3,5,7,10,12,17-18,28H,1,4,6,8-9,11,13H2,(H,29,30). The minimum Gasteiger partial charge on any atom is -0.494 e. The minimum absolute atomic E-state index is 0.178. The molecule has 1 aliphatic carbocycles. The van der Waals surface area contributed by atoms with Crippen molar-refractivity contribution in [3.63, 3.8) is 0 Å². The van der Waals surface area contributed by atoms with Crippen molar-refractivity contribution in [3.8, 4) is 5.75 Å². The molecule has 2 N–H and O–H groups in total. The van der Waals surface area contributed by atoms with Gasteiger partial charge in [0.05, 0.1) is 12.5 Å². The normalized spacial score (nSPS) is 19.6. The fourth-order valence-corrected chi connectivity index (χ4v) is 3.75. The molecular formula is C22H24F5NO3. The van der Waals surface area contributed by atoms with Gasteiger partial charge in [0.15, 0.2) is 0 Å². The molecule has 2 aromatic rings. The second-order valence-electron chi connectivity index (χ2n) is 7.92. The molecule has 31 heavy (non-hydrogen) atoms. The first-order valence-electron chi connectivity index (χ1n) is 10.1. The molecule has 2 atom stereocenters. The summed E-state index contributed by atoms with van der Waals surface area (Å²) in [6, 6.07) is 11.1. The Morgan fingerprint density at radius 3 is 2.45 bits per heavy atom. The van der Waals surface area contributed by atoms with Crippen LogP contribution in [0.3, 0.4) is 0 Å². The molecule has 0 aromatic heterocycles. The molecule has 0 aliphatic heterocycles. The summed E-state index contributed by atoms with van der Waals surface area (Å²) in [6.07, 6.45) is -5.13. The number of carboxylic acid groups (broad SMARTS) is 1. The van der Waals surface area contributed by atoms with Crippen LogP contribution < -0.4 is 10.1 Å². The molecule has 1 fully saturated rings. The third kappa shape index (κ3) is 6.06. The highest BCUT2D eigenvalue weighted by Gasteiger charge is 2.56. The number of carboxylic acids is 1. The number of hydrogen-bond acceptors (Lipinski definition) is 3. The second-order valence-corrected chi connectivity index (χ2v) is 7.92. The van der Waals surface area contributed by atoms with Crippen LogP contribution in [0, 0.1) is 5.92 Å². The van der Waals surface area contributed by atoms with Crippen molar-refractivity contribution in [3.05, 3.63) is 42.0 Å². The van der Waals surface area contributed by atoms with E-state index in [1.54, 1.807) is 18.2 Å². The number of benzene rings is 2. The lowest BCUT2D eigenvalue weighted by Crippen LogP contribution is -2.36. The molecule has 9 heteroatoms. The highest BCUT2D eigenvalue weighted by atomic mass is 19.4. The summed E-state index contributed by atoms with van der Waals surface area (Å²) in [5, 5.41) is 14.3. The quantitative estimate of drug-likeness (QED) is 0.393. The Morgan fingerprint density at radius 1 is 1.06 bits per heavy atom. The smallest absolute Gasteiger partial charge is 0.453 e. The van der Waals surface area contributed by atoms with Gasteiger partial charge >= 0.3 is 18.1 Å². The topological polar surface area (TPSA) is 58.6 Å². The van der Waals surface area contributed by atoms with Crippen LogP contribution in [0.5, 0.6) is 5.75 Å². The van der Waals surface area contributed by atoms with Gasteiger partial charge in [-0.25, -0.2) is 0 Å². The Bertz CT molecular complexity index is 916. The van der Waals surface area contributed by atoms with Gasteiger partial charge < -0.3 is 15.2 Å². The lowest BCUT2D eigenvalue weighted by atomic mass is 10.1. The molecule has 1 aliphatic rings. The SMILES string of the molecule is O=C(O)C1CCC(NCc2ccc3cc(OCCCC(F)(F)C(F)(F)F)ccc3c2)C1. The molecule has 4 nitrogen and oxygen atoms in total. The van der Waals surface area contributed by atoms with E-state index in [9.17, 15) is 26.7 Å². The molecule has 0 spiro atoms. The van der Waals surface area contributed by atoms with Crippen molar-refractivity contribution in [2.24, 2.45) is 5.92 Å². The first kappa shape index (κ1) is 23.2. The Labute approximate surface area is 176 Å². The fraction of sp³-hybridized carbons (Fsp3) is 0.500. The van der Waals surface area contributed by atoms with Gasteiger partial charge in [-0.3, -0.25) is 4.79 Å². The van der Waals surface area contributed by atoms with E-state index in [1.165, 1.54) is 0 Å². The predicted octanol–water partition coefficient (Wildman–Crippen LogP) is 5.54. The summed E-state index contributed by atoms with van der Waals surface area (Å²) in [5.41, 5.74) is 1.04. The molecule has 170 valence electrons. The largest absolute Gasteiger partial charge is 0.494 e. The Kier molecular flexibility index (Phi) is 7.03. The van der Waals surface area contributed by atoms with Gasteiger partial charge in [-0.2, -0.15) is 22.0 Å². The van der Waals surface area contributed by atoms with E-state index in [-0.39, 0.29) is 18.6 Å². The summed E-state index contributed by atoms with van der Waals surface area (Å²) in [5.74, 6) is -5.34. The maximum absolute atomic E-state index is 12.9. The highest BCUT2D eigenvalue weighted by molar-refractivity contribution is 5.84. The molecule has 0 radical (unpaired) electrons. The molecule has 0 bridgehead atoms. The molecule has 2 aromatic carbocycles. The van der Waals surface area contributed by atoms with Crippen LogP contribution in [-0.4, -0.2) is 35.8 Å². The van der Waals surface area contributed by atoms with Crippen molar-refractivity contribution in [2.75, 3.05) is 6.61 Å². The molecular weight excluding hydrogens is 421 g/mol. The van der Waals surface area contributed by atoms with E-state index in [4.69, 9.17) is 9.84 Å². The van der Waals surface area contributed by atoms with Crippen LogP contribution >= 0.6 is 0 Å². The zero-order valence-electron chi connectivity index (χ0n) is 16.7. The third-order valence-corrected chi connectivity index (χ3v) is 5.57. The van der Waals surface area contributed by atoms with Crippen molar-refractivity contribution < 1.29 is 36.6 Å². The number of hydrogen-bond donors (Lipinski definition) is 2. The van der Waals surface area contributed by atoms with E-state index >= 15 is 0 Å². The van der Waals surface area contributed by atoms with Crippen LogP contribution in [0.1, 0.15) is 37.7 Å². The average Bonchev–Trinajstić information content (AvgIpc) is 3.18. The van der Waals surface area contributed by atoms with Gasteiger partial charge in [0, 0.05) is 19.0 Å². The van der Waals surface area contributed by atoms with Crippen LogP contribution in [0.25, 0.3) is 10.8 Å². The lowest BCUT2D eigenvalue weighted by molar-refractivity contribution is -0.284. The summed E-state index contributed by atoms with van der Waals surface area (Å²) < 4.78 is 67.6. The van der Waals surface area contributed by atoms with Crippen LogP contribution in [0.4, 0.5) is 22.0 Å². The van der Waals surface area contributed by atoms with Gasteiger partial charge in [0.2, 0.25) is 0 Å². The number of aliphatic carboxylic acids is 1.